The van der Waals surface area contributed by atoms with Crippen molar-refractivity contribution in [2.75, 3.05) is 12.3 Å². The van der Waals surface area contributed by atoms with Crippen LogP contribution in [0.5, 0.6) is 0 Å². The minimum absolute atomic E-state index is 0.0347. The highest BCUT2D eigenvalue weighted by Gasteiger charge is 2.12. The molecule has 90 valence electrons. The molecule has 1 unspecified atom stereocenters. The zero-order chi connectivity index (χ0) is 12.4. The van der Waals surface area contributed by atoms with Crippen LogP contribution in [0.3, 0.4) is 0 Å². The molecule has 17 heavy (non-hydrogen) atoms. The zero-order valence-corrected chi connectivity index (χ0v) is 9.96. The quantitative estimate of drug-likeness (QED) is 0.631. The maximum Gasteiger partial charge on any atom is 0.166 e. The van der Waals surface area contributed by atoms with Crippen molar-refractivity contribution in [2.45, 2.75) is 12.4 Å². The molecule has 0 radical (unpaired) electrons. The minimum atomic E-state index is -0.471. The molecule has 3 N–H and O–H groups in total. The molecule has 0 saturated carbocycles. The molecular formula is C10H12ClN5O. The number of anilines is 1. The number of allylic oxidation sites excluding steroid dienone is 1. The van der Waals surface area contributed by atoms with Gasteiger partial charge in [-0.25, -0.2) is 15.0 Å². The first-order valence-corrected chi connectivity index (χ1v) is 5.42. The van der Waals surface area contributed by atoms with Crippen molar-refractivity contribution in [3.63, 3.8) is 0 Å². The van der Waals surface area contributed by atoms with Crippen molar-refractivity contribution in [3.8, 4) is 0 Å². The van der Waals surface area contributed by atoms with Crippen LogP contribution in [-0.4, -0.2) is 31.2 Å². The highest BCUT2D eigenvalue weighted by molar-refractivity contribution is 6.20. The molecule has 1 atom stereocenters. The number of nitrogens with two attached hydrogens (primary N) is 1. The molecule has 0 aliphatic carbocycles. The Morgan fingerprint density at radius 3 is 3.06 bits per heavy atom. The van der Waals surface area contributed by atoms with Crippen LogP contribution < -0.4 is 5.73 Å². The number of aromatic nitrogens is 4. The van der Waals surface area contributed by atoms with E-state index in [9.17, 15) is 0 Å². The second-order valence-corrected chi connectivity index (χ2v) is 4.07. The van der Waals surface area contributed by atoms with Crippen LogP contribution >= 0.6 is 11.6 Å². The lowest BCUT2D eigenvalue weighted by Gasteiger charge is -2.08. The van der Waals surface area contributed by atoms with Crippen molar-refractivity contribution in [1.82, 2.24) is 19.5 Å². The Labute approximate surface area is 103 Å². The van der Waals surface area contributed by atoms with E-state index in [1.165, 1.54) is 6.33 Å². The molecule has 6 nitrogen and oxygen atoms in total. The van der Waals surface area contributed by atoms with Crippen LogP contribution in [0.2, 0.25) is 0 Å². The van der Waals surface area contributed by atoms with Gasteiger partial charge < -0.3 is 10.8 Å². The Bertz CT molecular complexity index is 565. The van der Waals surface area contributed by atoms with Gasteiger partial charge in [0.25, 0.3) is 0 Å². The fourth-order valence-corrected chi connectivity index (χ4v) is 1.78. The number of aliphatic hydroxyl groups excluding tert-OH is 1. The fraction of sp³-hybridized carbons (Fsp3) is 0.300. The summed E-state index contributed by atoms with van der Waals surface area (Å²) in [4.78, 5) is 12.0. The summed E-state index contributed by atoms with van der Waals surface area (Å²) in [6, 6.07) is 0. The van der Waals surface area contributed by atoms with Gasteiger partial charge >= 0.3 is 0 Å². The molecule has 0 spiro atoms. The summed E-state index contributed by atoms with van der Waals surface area (Å²) in [5.41, 5.74) is 7.06. The first-order valence-electron chi connectivity index (χ1n) is 4.98. The van der Waals surface area contributed by atoms with Gasteiger partial charge in [-0.1, -0.05) is 11.6 Å². The highest BCUT2D eigenvalue weighted by Crippen LogP contribution is 2.22. The molecule has 2 rings (SSSR count). The normalized spacial score (nSPS) is 14.2. The average molecular weight is 254 g/mol. The lowest BCUT2D eigenvalue weighted by atomic mass is 10.3. The number of alkyl halides is 1. The third kappa shape index (κ3) is 2.22. The maximum absolute atomic E-state index is 8.94. The summed E-state index contributed by atoms with van der Waals surface area (Å²) < 4.78 is 1.66. The molecule has 0 aliphatic rings. The number of nitrogens with zero attached hydrogens (tertiary/aromatic N) is 4. The summed E-state index contributed by atoms with van der Waals surface area (Å²) in [7, 11) is 0. The number of halogens is 1. The van der Waals surface area contributed by atoms with Gasteiger partial charge in [-0.3, -0.25) is 4.57 Å². The topological polar surface area (TPSA) is 89.9 Å². The Hall–Kier alpha value is -1.66. The first-order chi connectivity index (χ1) is 8.13. The van der Waals surface area contributed by atoms with Crippen molar-refractivity contribution >= 4 is 28.6 Å². The van der Waals surface area contributed by atoms with Crippen LogP contribution in [0.1, 0.15) is 12.4 Å². The number of hydrogen-bond donors (Lipinski definition) is 2. The van der Waals surface area contributed by atoms with Gasteiger partial charge in [0.2, 0.25) is 0 Å². The number of imidazole rings is 1. The second-order valence-electron chi connectivity index (χ2n) is 3.63. The molecule has 7 heteroatoms. The Balaban J connectivity index is 2.46. The van der Waals surface area contributed by atoms with Gasteiger partial charge in [0.05, 0.1) is 12.9 Å². The van der Waals surface area contributed by atoms with Crippen molar-refractivity contribution in [1.29, 1.82) is 0 Å². The van der Waals surface area contributed by atoms with Crippen LogP contribution in [-0.2, 0) is 0 Å². The molecule has 2 aromatic rings. The van der Waals surface area contributed by atoms with Gasteiger partial charge in [-0.05, 0) is 18.6 Å². The molecule has 2 heterocycles. The monoisotopic (exact) mass is 253 g/mol. The minimum Gasteiger partial charge on any atom is -0.392 e. The van der Waals surface area contributed by atoms with Crippen molar-refractivity contribution < 1.29 is 5.11 Å². The van der Waals surface area contributed by atoms with Crippen LogP contribution in [0.15, 0.2) is 24.3 Å². The lowest BCUT2D eigenvalue weighted by Crippen LogP contribution is -2.02. The summed E-state index contributed by atoms with van der Waals surface area (Å²) in [6.07, 6.45) is 4.64. The van der Waals surface area contributed by atoms with Crippen LogP contribution in [0, 0.1) is 0 Å². The largest absolute Gasteiger partial charge is 0.392 e. The number of hydrogen-bond acceptors (Lipinski definition) is 5. The summed E-state index contributed by atoms with van der Waals surface area (Å²) >= 11 is 6.19. The SMILES string of the molecule is C/C(=C/C(Cl)n1cnc2c(N)ncnc21)CO. The smallest absolute Gasteiger partial charge is 0.166 e. The third-order valence-electron chi connectivity index (χ3n) is 2.32. The van der Waals surface area contributed by atoms with Gasteiger partial charge in [0.15, 0.2) is 11.5 Å². The predicted octanol–water partition coefficient (Wildman–Crippen LogP) is 1.08. The highest BCUT2D eigenvalue weighted by atomic mass is 35.5. The third-order valence-corrected chi connectivity index (χ3v) is 2.66. The van der Waals surface area contributed by atoms with Crippen molar-refractivity contribution in [2.24, 2.45) is 0 Å². The Morgan fingerprint density at radius 2 is 2.35 bits per heavy atom. The predicted molar refractivity (Wildman–Crippen MR) is 65.5 cm³/mol. The van der Waals surface area contributed by atoms with Crippen LogP contribution in [0.25, 0.3) is 11.2 Å². The van der Waals surface area contributed by atoms with Gasteiger partial charge in [-0.15, -0.1) is 0 Å². The number of aliphatic hydroxyl groups is 1. The number of fused-ring (bicyclic) bond motifs is 1. The standard InChI is InChI=1S/C10H12ClN5O/c1-6(3-17)2-7(11)16-5-15-8-9(12)13-4-14-10(8)16/h2,4-5,7,17H,3H2,1H3,(H2,12,13,14)/b6-2-. The number of rotatable bonds is 3. The molecule has 0 aromatic carbocycles. The van der Waals surface area contributed by atoms with E-state index in [1.807, 2.05) is 0 Å². The van der Waals surface area contributed by atoms with E-state index in [-0.39, 0.29) is 6.61 Å². The fourth-order valence-electron chi connectivity index (χ4n) is 1.42. The van der Waals surface area contributed by atoms with Crippen molar-refractivity contribution in [3.05, 3.63) is 24.3 Å². The average Bonchev–Trinajstić information content (AvgIpc) is 2.74. The Morgan fingerprint density at radius 1 is 1.59 bits per heavy atom. The van der Waals surface area contributed by atoms with E-state index < -0.39 is 5.50 Å². The summed E-state index contributed by atoms with van der Waals surface area (Å²) in [6.45, 7) is 1.75. The lowest BCUT2D eigenvalue weighted by molar-refractivity contribution is 0.330. The molecule has 0 saturated heterocycles. The van der Waals surface area contributed by atoms with Gasteiger partial charge in [-0.2, -0.15) is 0 Å². The second kappa shape index (κ2) is 4.68. The zero-order valence-electron chi connectivity index (χ0n) is 9.21. The van der Waals surface area contributed by atoms with Gasteiger partial charge in [0.1, 0.15) is 17.3 Å². The molecule has 0 amide bonds. The van der Waals surface area contributed by atoms with E-state index in [2.05, 4.69) is 15.0 Å². The van der Waals surface area contributed by atoms with E-state index in [4.69, 9.17) is 22.4 Å². The number of nitrogen functional groups attached to an aromatic ring is 1. The first kappa shape index (κ1) is 11.8. The molecule has 0 bridgehead atoms. The van der Waals surface area contributed by atoms with Gasteiger partial charge in [0, 0.05) is 0 Å². The maximum atomic E-state index is 8.94. The van der Waals surface area contributed by atoms with Crippen LogP contribution in [0.4, 0.5) is 5.82 Å². The van der Waals surface area contributed by atoms with E-state index in [0.717, 1.165) is 5.57 Å². The Kier molecular flexibility index (Phi) is 3.26. The molecule has 2 aromatic heterocycles. The molecular weight excluding hydrogens is 242 g/mol. The van der Waals surface area contributed by atoms with E-state index in [0.29, 0.717) is 17.0 Å². The van der Waals surface area contributed by atoms with E-state index in [1.54, 1.807) is 23.9 Å². The molecule has 0 fully saturated rings. The molecule has 0 aliphatic heterocycles. The van der Waals surface area contributed by atoms with E-state index >= 15 is 0 Å². The summed E-state index contributed by atoms with van der Waals surface area (Å²) in [5.74, 6) is 0.320. The summed E-state index contributed by atoms with van der Waals surface area (Å²) in [5, 5.41) is 8.94.